The number of nitrogens with zero attached hydrogens (tertiary/aromatic N) is 1. The van der Waals surface area contributed by atoms with E-state index in [1.807, 2.05) is 13.0 Å². The molecule has 1 saturated heterocycles. The third-order valence-corrected chi connectivity index (χ3v) is 3.77. The molecule has 1 fully saturated rings. The van der Waals surface area contributed by atoms with Gasteiger partial charge in [0.25, 0.3) is 0 Å². The van der Waals surface area contributed by atoms with E-state index in [1.165, 1.54) is 5.56 Å². The Balaban J connectivity index is 2.10. The van der Waals surface area contributed by atoms with Crippen LogP contribution in [0, 0.1) is 6.92 Å². The molecule has 0 atom stereocenters. The molecular weight excluding hydrogens is 222 g/mol. The summed E-state index contributed by atoms with van der Waals surface area (Å²) < 4.78 is 10.8. The van der Waals surface area contributed by atoms with Crippen molar-refractivity contribution < 1.29 is 9.15 Å². The number of aromatic nitrogens is 1. The lowest BCUT2D eigenvalue weighted by Crippen LogP contribution is -2.48. The Kier molecular flexibility index (Phi) is 2.23. The van der Waals surface area contributed by atoms with Crippen molar-refractivity contribution in [3.05, 3.63) is 29.7 Å². The van der Waals surface area contributed by atoms with Crippen LogP contribution < -0.4 is 0 Å². The molecule has 84 valence electrons. The van der Waals surface area contributed by atoms with Gasteiger partial charge >= 0.3 is 0 Å². The van der Waals surface area contributed by atoms with E-state index in [4.69, 9.17) is 9.15 Å². The standard InChI is InChI=1S/C12H13NO2S/c1-8-13-10-3-2-9(4-11(10)15-8)12(7-16)5-14-6-12/h2-4,16H,5-7H2,1H3. The number of fused-ring (bicyclic) bond motifs is 1. The first-order valence-electron chi connectivity index (χ1n) is 5.30. The summed E-state index contributed by atoms with van der Waals surface area (Å²) in [4.78, 5) is 4.29. The predicted molar refractivity (Wildman–Crippen MR) is 65.1 cm³/mol. The average Bonchev–Trinajstić information content (AvgIpc) is 2.56. The number of hydrogen-bond acceptors (Lipinski definition) is 4. The molecule has 0 N–H and O–H groups in total. The Morgan fingerprint density at radius 2 is 2.25 bits per heavy atom. The first kappa shape index (κ1) is 10.2. The summed E-state index contributed by atoms with van der Waals surface area (Å²) in [5, 5.41) is 0. The number of hydrogen-bond donors (Lipinski definition) is 1. The maximum absolute atomic E-state index is 5.54. The highest BCUT2D eigenvalue weighted by molar-refractivity contribution is 7.80. The molecule has 1 aromatic heterocycles. The summed E-state index contributed by atoms with van der Waals surface area (Å²) in [5.41, 5.74) is 3.06. The van der Waals surface area contributed by atoms with E-state index in [1.54, 1.807) is 0 Å². The molecule has 2 aromatic rings. The third kappa shape index (κ3) is 1.37. The number of aryl methyl sites for hydroxylation is 1. The minimum Gasteiger partial charge on any atom is -0.441 e. The van der Waals surface area contributed by atoms with E-state index < -0.39 is 0 Å². The van der Waals surface area contributed by atoms with Crippen LogP contribution in [-0.2, 0) is 10.2 Å². The molecule has 1 aromatic carbocycles. The zero-order valence-corrected chi connectivity index (χ0v) is 9.96. The highest BCUT2D eigenvalue weighted by Crippen LogP contribution is 2.35. The topological polar surface area (TPSA) is 35.3 Å². The Hall–Kier alpha value is -1.00. The van der Waals surface area contributed by atoms with Crippen molar-refractivity contribution in [1.82, 2.24) is 4.98 Å². The van der Waals surface area contributed by atoms with E-state index in [0.717, 1.165) is 30.1 Å². The van der Waals surface area contributed by atoms with Gasteiger partial charge in [-0.2, -0.15) is 12.6 Å². The minimum absolute atomic E-state index is 0.0675. The van der Waals surface area contributed by atoms with Gasteiger partial charge in [-0.15, -0.1) is 0 Å². The first-order chi connectivity index (χ1) is 7.73. The maximum Gasteiger partial charge on any atom is 0.192 e. The van der Waals surface area contributed by atoms with Crippen molar-refractivity contribution in [2.45, 2.75) is 12.3 Å². The van der Waals surface area contributed by atoms with Crippen molar-refractivity contribution in [1.29, 1.82) is 0 Å². The molecule has 16 heavy (non-hydrogen) atoms. The number of ether oxygens (including phenoxy) is 1. The number of benzene rings is 1. The Morgan fingerprint density at radius 1 is 1.44 bits per heavy atom. The Morgan fingerprint density at radius 3 is 2.88 bits per heavy atom. The first-order valence-corrected chi connectivity index (χ1v) is 5.93. The predicted octanol–water partition coefficient (Wildman–Crippen LogP) is 2.33. The lowest BCUT2D eigenvalue weighted by atomic mass is 9.80. The summed E-state index contributed by atoms with van der Waals surface area (Å²) in [6.07, 6.45) is 0. The second-order valence-electron chi connectivity index (χ2n) is 4.35. The molecule has 3 rings (SSSR count). The molecule has 2 heterocycles. The highest BCUT2D eigenvalue weighted by atomic mass is 32.1. The summed E-state index contributed by atoms with van der Waals surface area (Å²) in [5.74, 6) is 1.50. The number of thiol groups is 1. The molecule has 0 radical (unpaired) electrons. The van der Waals surface area contributed by atoms with Crippen molar-refractivity contribution in [2.75, 3.05) is 19.0 Å². The van der Waals surface area contributed by atoms with Gasteiger partial charge in [-0.3, -0.25) is 0 Å². The molecular formula is C12H13NO2S. The van der Waals surface area contributed by atoms with Gasteiger partial charge in [-0.1, -0.05) is 6.07 Å². The van der Waals surface area contributed by atoms with Gasteiger partial charge in [0, 0.05) is 12.7 Å². The van der Waals surface area contributed by atoms with Gasteiger partial charge in [0.2, 0.25) is 0 Å². The third-order valence-electron chi connectivity index (χ3n) is 3.17. The van der Waals surface area contributed by atoms with Crippen LogP contribution in [-0.4, -0.2) is 24.0 Å². The van der Waals surface area contributed by atoms with Crippen LogP contribution in [0.25, 0.3) is 11.1 Å². The highest BCUT2D eigenvalue weighted by Gasteiger charge is 2.39. The van der Waals surface area contributed by atoms with E-state index in [9.17, 15) is 0 Å². The van der Waals surface area contributed by atoms with Crippen LogP contribution in [0.5, 0.6) is 0 Å². The van der Waals surface area contributed by atoms with Crippen molar-refractivity contribution in [3.63, 3.8) is 0 Å². The van der Waals surface area contributed by atoms with E-state index in [0.29, 0.717) is 5.89 Å². The zero-order chi connectivity index (χ0) is 11.2. The molecule has 0 amide bonds. The fourth-order valence-corrected chi connectivity index (χ4v) is 2.43. The molecule has 1 aliphatic rings. The van der Waals surface area contributed by atoms with Gasteiger partial charge in [-0.05, 0) is 17.7 Å². The lowest BCUT2D eigenvalue weighted by molar-refractivity contribution is -0.0470. The molecule has 1 aliphatic heterocycles. The summed E-state index contributed by atoms with van der Waals surface area (Å²) in [6, 6.07) is 6.17. The van der Waals surface area contributed by atoms with Crippen LogP contribution >= 0.6 is 12.6 Å². The normalized spacial score (nSPS) is 18.6. The van der Waals surface area contributed by atoms with Gasteiger partial charge in [-0.25, -0.2) is 4.98 Å². The summed E-state index contributed by atoms with van der Waals surface area (Å²) in [6.45, 7) is 3.35. The van der Waals surface area contributed by atoms with Gasteiger partial charge < -0.3 is 9.15 Å². The van der Waals surface area contributed by atoms with Gasteiger partial charge in [0.1, 0.15) is 5.52 Å². The molecule has 3 nitrogen and oxygen atoms in total. The van der Waals surface area contributed by atoms with Crippen molar-refractivity contribution >= 4 is 23.7 Å². The Bertz CT molecular complexity index is 525. The van der Waals surface area contributed by atoms with Crippen LogP contribution in [0.1, 0.15) is 11.5 Å². The van der Waals surface area contributed by atoms with Crippen LogP contribution in [0.2, 0.25) is 0 Å². The van der Waals surface area contributed by atoms with Gasteiger partial charge in [0.15, 0.2) is 11.5 Å². The zero-order valence-electron chi connectivity index (χ0n) is 9.06. The van der Waals surface area contributed by atoms with Crippen molar-refractivity contribution in [2.24, 2.45) is 0 Å². The molecule has 0 saturated carbocycles. The maximum atomic E-state index is 5.54. The molecule has 4 heteroatoms. The fourth-order valence-electron chi connectivity index (χ4n) is 2.07. The Labute approximate surface area is 99.2 Å². The van der Waals surface area contributed by atoms with Crippen molar-refractivity contribution in [3.8, 4) is 0 Å². The van der Waals surface area contributed by atoms with Crippen LogP contribution in [0.4, 0.5) is 0 Å². The quantitative estimate of drug-likeness (QED) is 0.811. The minimum atomic E-state index is 0.0675. The molecule has 0 spiro atoms. The number of oxazole rings is 1. The second-order valence-corrected chi connectivity index (χ2v) is 4.66. The SMILES string of the molecule is Cc1nc2ccc(C3(CS)COC3)cc2o1. The molecule has 0 unspecified atom stereocenters. The van der Waals surface area contributed by atoms with E-state index in [-0.39, 0.29) is 5.41 Å². The second kappa shape index (κ2) is 3.50. The summed E-state index contributed by atoms with van der Waals surface area (Å²) in [7, 11) is 0. The number of rotatable bonds is 2. The van der Waals surface area contributed by atoms with Crippen LogP contribution in [0.15, 0.2) is 22.6 Å². The molecule has 0 aliphatic carbocycles. The van der Waals surface area contributed by atoms with Gasteiger partial charge in [0.05, 0.1) is 18.6 Å². The summed E-state index contributed by atoms with van der Waals surface area (Å²) >= 11 is 4.42. The van der Waals surface area contributed by atoms with E-state index in [2.05, 4.69) is 29.7 Å². The van der Waals surface area contributed by atoms with Crippen LogP contribution in [0.3, 0.4) is 0 Å². The molecule has 0 bridgehead atoms. The lowest BCUT2D eigenvalue weighted by Gasteiger charge is -2.40. The van der Waals surface area contributed by atoms with E-state index >= 15 is 0 Å². The monoisotopic (exact) mass is 235 g/mol. The smallest absolute Gasteiger partial charge is 0.192 e. The fraction of sp³-hybridized carbons (Fsp3) is 0.417. The largest absolute Gasteiger partial charge is 0.441 e. The average molecular weight is 235 g/mol.